The van der Waals surface area contributed by atoms with Crippen LogP contribution in [0.25, 0.3) is 0 Å². The fourth-order valence-electron chi connectivity index (χ4n) is 2.69. The van der Waals surface area contributed by atoms with Crippen molar-refractivity contribution in [2.45, 2.75) is 18.8 Å². The van der Waals surface area contributed by atoms with Crippen LogP contribution >= 0.6 is 0 Å². The molecule has 2 atom stereocenters. The lowest BCUT2D eigenvalue weighted by molar-refractivity contribution is 0.574. The molecule has 0 amide bonds. The first-order chi connectivity index (χ1) is 7.38. The molecule has 0 aliphatic heterocycles. The summed E-state index contributed by atoms with van der Waals surface area (Å²) in [4.78, 5) is 0. The SMILES string of the molecule is C[C@H]1c2ccccc2[C@H]1c1ccccc1. The molecular formula is C15H14. The number of fused-ring (bicyclic) bond motifs is 1. The summed E-state index contributed by atoms with van der Waals surface area (Å²) in [5.41, 5.74) is 4.48. The predicted molar refractivity (Wildman–Crippen MR) is 63.1 cm³/mol. The zero-order chi connectivity index (χ0) is 10.3. The number of rotatable bonds is 1. The zero-order valence-corrected chi connectivity index (χ0v) is 8.85. The van der Waals surface area contributed by atoms with E-state index in [1.807, 2.05) is 0 Å². The lowest BCUT2D eigenvalue weighted by Gasteiger charge is -2.37. The Morgan fingerprint density at radius 2 is 1.33 bits per heavy atom. The second kappa shape index (κ2) is 3.23. The lowest BCUT2D eigenvalue weighted by atomic mass is 9.66. The Kier molecular flexibility index (Phi) is 1.88. The van der Waals surface area contributed by atoms with Crippen molar-refractivity contribution in [2.75, 3.05) is 0 Å². The van der Waals surface area contributed by atoms with Crippen LogP contribution in [0.3, 0.4) is 0 Å². The average molecular weight is 194 g/mol. The molecule has 0 N–H and O–H groups in total. The van der Waals surface area contributed by atoms with Crippen LogP contribution in [0.1, 0.15) is 35.4 Å². The van der Waals surface area contributed by atoms with Gasteiger partial charge in [0.1, 0.15) is 0 Å². The van der Waals surface area contributed by atoms with Crippen molar-refractivity contribution in [1.82, 2.24) is 0 Å². The van der Waals surface area contributed by atoms with Gasteiger partial charge < -0.3 is 0 Å². The summed E-state index contributed by atoms with van der Waals surface area (Å²) >= 11 is 0. The van der Waals surface area contributed by atoms with Crippen molar-refractivity contribution in [3.05, 3.63) is 71.3 Å². The van der Waals surface area contributed by atoms with Gasteiger partial charge in [0.05, 0.1) is 0 Å². The molecule has 0 saturated carbocycles. The first kappa shape index (κ1) is 8.72. The largest absolute Gasteiger partial charge is 0.0622 e. The average Bonchev–Trinajstić information content (AvgIpc) is 2.30. The topological polar surface area (TPSA) is 0 Å². The van der Waals surface area contributed by atoms with Crippen molar-refractivity contribution < 1.29 is 0 Å². The first-order valence-electron chi connectivity index (χ1n) is 5.51. The van der Waals surface area contributed by atoms with Gasteiger partial charge in [0.25, 0.3) is 0 Å². The van der Waals surface area contributed by atoms with E-state index in [2.05, 4.69) is 61.5 Å². The smallest absolute Gasteiger partial charge is 0.0158 e. The predicted octanol–water partition coefficient (Wildman–Crippen LogP) is 3.94. The fourth-order valence-corrected chi connectivity index (χ4v) is 2.69. The van der Waals surface area contributed by atoms with E-state index in [0.717, 1.165) is 0 Å². The zero-order valence-electron chi connectivity index (χ0n) is 8.85. The molecule has 2 aromatic rings. The molecule has 0 nitrogen and oxygen atoms in total. The standard InChI is InChI=1S/C15H14/c1-11-13-9-5-6-10-14(13)15(11)12-7-3-2-4-8-12/h2-11,15H,1H3/t11-,15+/m0/s1. The maximum absolute atomic E-state index is 2.32. The third kappa shape index (κ3) is 1.21. The van der Waals surface area contributed by atoms with Gasteiger partial charge in [0, 0.05) is 5.92 Å². The van der Waals surface area contributed by atoms with Gasteiger partial charge in [-0.1, -0.05) is 61.5 Å². The Morgan fingerprint density at radius 1 is 0.733 bits per heavy atom. The van der Waals surface area contributed by atoms with Crippen molar-refractivity contribution in [1.29, 1.82) is 0 Å². The van der Waals surface area contributed by atoms with E-state index in [9.17, 15) is 0 Å². The molecule has 0 spiro atoms. The highest BCUT2D eigenvalue weighted by atomic mass is 14.4. The molecule has 0 aromatic heterocycles. The minimum absolute atomic E-state index is 0.613. The van der Waals surface area contributed by atoms with E-state index in [4.69, 9.17) is 0 Å². The molecule has 0 saturated heterocycles. The third-order valence-corrected chi connectivity index (χ3v) is 3.48. The molecule has 0 heterocycles. The number of hydrogen-bond acceptors (Lipinski definition) is 0. The number of benzene rings is 2. The van der Waals surface area contributed by atoms with Gasteiger partial charge in [-0.25, -0.2) is 0 Å². The van der Waals surface area contributed by atoms with Gasteiger partial charge in [-0.2, -0.15) is 0 Å². The summed E-state index contributed by atoms with van der Waals surface area (Å²) in [7, 11) is 0. The normalized spacial score (nSPS) is 23.0. The molecule has 0 heteroatoms. The fraction of sp³-hybridized carbons (Fsp3) is 0.200. The second-order valence-electron chi connectivity index (χ2n) is 4.31. The van der Waals surface area contributed by atoms with Crippen LogP contribution in [0.15, 0.2) is 54.6 Å². The maximum Gasteiger partial charge on any atom is 0.0158 e. The maximum atomic E-state index is 2.32. The van der Waals surface area contributed by atoms with E-state index >= 15 is 0 Å². The Hall–Kier alpha value is -1.56. The summed E-state index contributed by atoms with van der Waals surface area (Å²) in [6.07, 6.45) is 0. The van der Waals surface area contributed by atoms with Gasteiger partial charge in [0.2, 0.25) is 0 Å². The summed E-state index contributed by atoms with van der Waals surface area (Å²) < 4.78 is 0. The van der Waals surface area contributed by atoms with Gasteiger partial charge in [-0.15, -0.1) is 0 Å². The van der Waals surface area contributed by atoms with Crippen LogP contribution in [0.5, 0.6) is 0 Å². The van der Waals surface area contributed by atoms with Crippen LogP contribution < -0.4 is 0 Å². The number of hydrogen-bond donors (Lipinski definition) is 0. The van der Waals surface area contributed by atoms with E-state index < -0.39 is 0 Å². The molecule has 74 valence electrons. The van der Waals surface area contributed by atoms with Crippen LogP contribution in [0, 0.1) is 0 Å². The van der Waals surface area contributed by atoms with Crippen molar-refractivity contribution >= 4 is 0 Å². The molecular weight excluding hydrogens is 180 g/mol. The molecule has 0 bridgehead atoms. The van der Waals surface area contributed by atoms with Gasteiger partial charge in [0.15, 0.2) is 0 Å². The van der Waals surface area contributed by atoms with Crippen molar-refractivity contribution in [3.8, 4) is 0 Å². The third-order valence-electron chi connectivity index (χ3n) is 3.48. The summed E-state index contributed by atoms with van der Waals surface area (Å²) in [5.74, 6) is 1.28. The molecule has 15 heavy (non-hydrogen) atoms. The molecule has 1 aliphatic rings. The molecule has 3 rings (SSSR count). The monoisotopic (exact) mass is 194 g/mol. The van der Waals surface area contributed by atoms with Crippen molar-refractivity contribution in [3.63, 3.8) is 0 Å². The summed E-state index contributed by atoms with van der Waals surface area (Å²) in [6.45, 7) is 2.32. The van der Waals surface area contributed by atoms with Gasteiger partial charge in [-0.05, 0) is 22.6 Å². The highest BCUT2D eigenvalue weighted by Crippen LogP contribution is 2.49. The first-order valence-corrected chi connectivity index (χ1v) is 5.51. The Morgan fingerprint density at radius 3 is 2.07 bits per heavy atom. The Bertz CT molecular complexity index is 470. The van der Waals surface area contributed by atoms with E-state index in [1.54, 1.807) is 0 Å². The van der Waals surface area contributed by atoms with E-state index in [-0.39, 0.29) is 0 Å². The lowest BCUT2D eigenvalue weighted by Crippen LogP contribution is -2.22. The van der Waals surface area contributed by atoms with Crippen LogP contribution in [0.2, 0.25) is 0 Å². The van der Waals surface area contributed by atoms with E-state index in [1.165, 1.54) is 16.7 Å². The molecule has 0 radical (unpaired) electrons. The molecule has 2 aromatic carbocycles. The van der Waals surface area contributed by atoms with E-state index in [0.29, 0.717) is 11.8 Å². The second-order valence-corrected chi connectivity index (χ2v) is 4.31. The van der Waals surface area contributed by atoms with Crippen LogP contribution in [-0.2, 0) is 0 Å². The summed E-state index contributed by atoms with van der Waals surface area (Å²) in [6, 6.07) is 19.6. The minimum Gasteiger partial charge on any atom is -0.0622 e. The minimum atomic E-state index is 0.613. The highest BCUT2D eigenvalue weighted by molar-refractivity contribution is 5.50. The Balaban J connectivity index is 2.06. The van der Waals surface area contributed by atoms with Crippen LogP contribution in [0.4, 0.5) is 0 Å². The molecule has 1 aliphatic carbocycles. The summed E-state index contributed by atoms with van der Waals surface area (Å²) in [5, 5.41) is 0. The van der Waals surface area contributed by atoms with Gasteiger partial charge >= 0.3 is 0 Å². The molecule has 0 fully saturated rings. The highest BCUT2D eigenvalue weighted by Gasteiger charge is 2.34. The van der Waals surface area contributed by atoms with Crippen molar-refractivity contribution in [2.24, 2.45) is 0 Å². The van der Waals surface area contributed by atoms with Gasteiger partial charge in [-0.3, -0.25) is 0 Å². The Labute approximate surface area is 90.6 Å². The quantitative estimate of drug-likeness (QED) is 0.645. The molecule has 0 unspecified atom stereocenters. The van der Waals surface area contributed by atoms with Crippen LogP contribution in [-0.4, -0.2) is 0 Å².